The minimum absolute atomic E-state index is 0.0334. The summed E-state index contributed by atoms with van der Waals surface area (Å²) in [5, 5.41) is 3.66. The fraction of sp³-hybridized carbons (Fsp3) is 0.400. The third-order valence-corrected chi connectivity index (χ3v) is 3.60. The molecule has 0 radical (unpaired) electrons. The lowest BCUT2D eigenvalue weighted by atomic mass is 9.95. The van der Waals surface area contributed by atoms with Crippen molar-refractivity contribution < 1.29 is 9.59 Å². The van der Waals surface area contributed by atoms with Gasteiger partial charge < -0.3 is 10.2 Å². The van der Waals surface area contributed by atoms with Gasteiger partial charge in [-0.2, -0.15) is 0 Å². The minimum atomic E-state index is -0.387. The van der Waals surface area contributed by atoms with Gasteiger partial charge in [-0.05, 0) is 30.7 Å². The Hall–Kier alpha value is -1.72. The quantitative estimate of drug-likeness (QED) is 0.521. The van der Waals surface area contributed by atoms with E-state index >= 15 is 0 Å². The standard InChI is InChI=1S/C15H18ClN3O2/c1-19(2)9-18-15(21)13-7-11(8-17-13)14(20)10-3-5-12(16)6-4-10/h3-6,9,11,13,17H,7-8H2,1-2H3. The highest BCUT2D eigenvalue weighted by molar-refractivity contribution is 6.30. The van der Waals surface area contributed by atoms with E-state index < -0.39 is 0 Å². The van der Waals surface area contributed by atoms with E-state index in [9.17, 15) is 9.59 Å². The fourth-order valence-electron chi connectivity index (χ4n) is 2.24. The summed E-state index contributed by atoms with van der Waals surface area (Å²) in [6.07, 6.45) is 1.95. The van der Waals surface area contributed by atoms with Crippen molar-refractivity contribution >= 4 is 29.6 Å². The molecule has 2 rings (SSSR count). The Balaban J connectivity index is 1.97. The van der Waals surface area contributed by atoms with Gasteiger partial charge in [-0.15, -0.1) is 0 Å². The Morgan fingerprint density at radius 1 is 1.33 bits per heavy atom. The summed E-state index contributed by atoms with van der Waals surface area (Å²) in [4.78, 5) is 29.8. The van der Waals surface area contributed by atoms with Crippen LogP contribution in [0.25, 0.3) is 0 Å². The molecule has 21 heavy (non-hydrogen) atoms. The van der Waals surface area contributed by atoms with Gasteiger partial charge in [-0.3, -0.25) is 9.59 Å². The highest BCUT2D eigenvalue weighted by Crippen LogP contribution is 2.21. The largest absolute Gasteiger partial charge is 0.369 e. The van der Waals surface area contributed by atoms with E-state index in [1.54, 1.807) is 43.3 Å². The van der Waals surface area contributed by atoms with Gasteiger partial charge in [0.1, 0.15) is 0 Å². The smallest absolute Gasteiger partial charge is 0.264 e. The molecule has 1 aromatic rings. The van der Waals surface area contributed by atoms with Crippen LogP contribution in [0.5, 0.6) is 0 Å². The summed E-state index contributed by atoms with van der Waals surface area (Å²) < 4.78 is 0. The molecule has 2 atom stereocenters. The summed E-state index contributed by atoms with van der Waals surface area (Å²) in [5.41, 5.74) is 0.621. The monoisotopic (exact) mass is 307 g/mol. The lowest BCUT2D eigenvalue weighted by Crippen LogP contribution is -2.30. The molecular formula is C15H18ClN3O2. The molecule has 6 heteroatoms. The molecule has 1 aliphatic heterocycles. The molecule has 1 saturated heterocycles. The third-order valence-electron chi connectivity index (χ3n) is 3.34. The molecule has 5 nitrogen and oxygen atoms in total. The molecule has 0 saturated carbocycles. The number of halogens is 1. The Kier molecular flexibility index (Phi) is 5.09. The van der Waals surface area contributed by atoms with E-state index in [-0.39, 0.29) is 23.7 Å². The Morgan fingerprint density at radius 2 is 2.00 bits per heavy atom. The minimum Gasteiger partial charge on any atom is -0.369 e. The van der Waals surface area contributed by atoms with Gasteiger partial charge in [-0.25, -0.2) is 4.99 Å². The maximum atomic E-state index is 12.4. The van der Waals surface area contributed by atoms with Crippen LogP contribution in [0, 0.1) is 5.92 Å². The van der Waals surface area contributed by atoms with Crippen molar-refractivity contribution in [2.45, 2.75) is 12.5 Å². The number of nitrogens with one attached hydrogen (secondary N) is 1. The van der Waals surface area contributed by atoms with Gasteiger partial charge in [-0.1, -0.05) is 11.6 Å². The Bertz CT molecular complexity index is 555. The number of amides is 1. The number of hydrogen-bond acceptors (Lipinski definition) is 3. The van der Waals surface area contributed by atoms with Crippen LogP contribution in [0.4, 0.5) is 0 Å². The van der Waals surface area contributed by atoms with Gasteiger partial charge in [0.2, 0.25) is 0 Å². The summed E-state index contributed by atoms with van der Waals surface area (Å²) in [6, 6.07) is 6.43. The molecule has 0 spiro atoms. The summed E-state index contributed by atoms with van der Waals surface area (Å²) in [5.74, 6) is -0.407. The van der Waals surface area contributed by atoms with Crippen molar-refractivity contribution in [1.29, 1.82) is 0 Å². The second-order valence-corrected chi connectivity index (χ2v) is 5.75. The van der Waals surface area contributed by atoms with Crippen molar-refractivity contribution in [3.63, 3.8) is 0 Å². The SMILES string of the molecule is CN(C)C=NC(=O)C1CC(C(=O)c2ccc(Cl)cc2)CN1. The normalized spacial score (nSPS) is 21.7. The molecule has 1 amide bonds. The maximum absolute atomic E-state index is 12.4. The van der Waals surface area contributed by atoms with Crippen LogP contribution >= 0.6 is 11.6 Å². The van der Waals surface area contributed by atoms with Crippen molar-refractivity contribution in [2.24, 2.45) is 10.9 Å². The number of carbonyl (C=O) groups excluding carboxylic acids is 2. The van der Waals surface area contributed by atoms with Crippen LogP contribution in [0.15, 0.2) is 29.3 Å². The molecule has 1 aromatic carbocycles. The first kappa shape index (κ1) is 15.7. The van der Waals surface area contributed by atoms with Crippen LogP contribution in [0.1, 0.15) is 16.8 Å². The van der Waals surface area contributed by atoms with Crippen LogP contribution in [0.3, 0.4) is 0 Å². The van der Waals surface area contributed by atoms with E-state index in [4.69, 9.17) is 11.6 Å². The number of ketones is 1. The highest BCUT2D eigenvalue weighted by Gasteiger charge is 2.33. The summed E-state index contributed by atoms with van der Waals surface area (Å²) >= 11 is 5.81. The summed E-state index contributed by atoms with van der Waals surface area (Å²) in [7, 11) is 3.59. The van der Waals surface area contributed by atoms with Crippen LogP contribution in [-0.2, 0) is 4.79 Å². The molecule has 0 aliphatic carbocycles. The number of nitrogens with zero attached hydrogens (tertiary/aromatic N) is 2. The van der Waals surface area contributed by atoms with Crippen LogP contribution in [-0.4, -0.2) is 49.6 Å². The number of rotatable bonds is 4. The number of aliphatic imine (C=N–C) groups is 1. The van der Waals surface area contributed by atoms with Crippen molar-refractivity contribution in [3.8, 4) is 0 Å². The fourth-order valence-corrected chi connectivity index (χ4v) is 2.36. The van der Waals surface area contributed by atoms with Crippen LogP contribution in [0.2, 0.25) is 5.02 Å². The van der Waals surface area contributed by atoms with Gasteiger partial charge in [0, 0.05) is 37.1 Å². The first-order chi connectivity index (χ1) is 9.97. The van der Waals surface area contributed by atoms with Crippen molar-refractivity contribution in [1.82, 2.24) is 10.2 Å². The third kappa shape index (κ3) is 4.12. The topological polar surface area (TPSA) is 61.8 Å². The van der Waals surface area contributed by atoms with Gasteiger partial charge in [0.15, 0.2) is 5.78 Å². The number of carbonyl (C=O) groups is 2. The predicted octanol–water partition coefficient (Wildman–Crippen LogP) is 1.62. The van der Waals surface area contributed by atoms with Gasteiger partial charge >= 0.3 is 0 Å². The summed E-state index contributed by atoms with van der Waals surface area (Å²) in [6.45, 7) is 0.495. The Morgan fingerprint density at radius 3 is 2.62 bits per heavy atom. The van der Waals surface area contributed by atoms with E-state index in [1.165, 1.54) is 6.34 Å². The van der Waals surface area contributed by atoms with Gasteiger partial charge in [0.25, 0.3) is 5.91 Å². The van der Waals surface area contributed by atoms with Crippen molar-refractivity contribution in [2.75, 3.05) is 20.6 Å². The average molecular weight is 308 g/mol. The first-order valence-corrected chi connectivity index (χ1v) is 7.13. The number of benzene rings is 1. The molecule has 1 N–H and O–H groups in total. The number of Topliss-reactive ketones (excluding diaryl/α,β-unsaturated/α-hetero) is 1. The first-order valence-electron chi connectivity index (χ1n) is 6.75. The molecule has 112 valence electrons. The maximum Gasteiger partial charge on any atom is 0.264 e. The molecule has 0 bridgehead atoms. The van der Waals surface area contributed by atoms with E-state index in [1.807, 2.05) is 0 Å². The Labute approximate surface area is 129 Å². The number of hydrogen-bond donors (Lipinski definition) is 1. The van der Waals surface area contributed by atoms with E-state index in [0.29, 0.717) is 23.6 Å². The molecule has 2 unspecified atom stereocenters. The van der Waals surface area contributed by atoms with E-state index in [2.05, 4.69) is 10.3 Å². The molecule has 1 aliphatic rings. The second kappa shape index (κ2) is 6.83. The lowest BCUT2D eigenvalue weighted by Gasteiger charge is -2.08. The highest BCUT2D eigenvalue weighted by atomic mass is 35.5. The zero-order chi connectivity index (χ0) is 15.4. The zero-order valence-corrected chi connectivity index (χ0v) is 12.8. The van der Waals surface area contributed by atoms with Gasteiger partial charge in [0.05, 0.1) is 12.4 Å². The average Bonchev–Trinajstić information content (AvgIpc) is 2.94. The zero-order valence-electron chi connectivity index (χ0n) is 12.0. The van der Waals surface area contributed by atoms with Crippen molar-refractivity contribution in [3.05, 3.63) is 34.9 Å². The second-order valence-electron chi connectivity index (χ2n) is 5.31. The molecule has 1 heterocycles. The molecule has 1 fully saturated rings. The molecule has 0 aromatic heterocycles. The van der Waals surface area contributed by atoms with Crippen LogP contribution < -0.4 is 5.32 Å². The van der Waals surface area contributed by atoms with E-state index in [0.717, 1.165) is 0 Å². The lowest BCUT2D eigenvalue weighted by molar-refractivity contribution is -0.119. The predicted molar refractivity (Wildman–Crippen MR) is 82.9 cm³/mol. The molecular weight excluding hydrogens is 290 g/mol.